The lowest BCUT2D eigenvalue weighted by Gasteiger charge is -2.34. The summed E-state index contributed by atoms with van der Waals surface area (Å²) in [6, 6.07) is 13.0. The van der Waals surface area contributed by atoms with Crippen LogP contribution >= 0.6 is 22.9 Å². The zero-order valence-electron chi connectivity index (χ0n) is 16.3. The van der Waals surface area contributed by atoms with E-state index in [1.165, 1.54) is 11.3 Å². The fourth-order valence-electron chi connectivity index (χ4n) is 3.36. The number of hydrogen-bond donors (Lipinski definition) is 0. The molecule has 154 valence electrons. The molecule has 8 heteroatoms. The van der Waals surface area contributed by atoms with E-state index in [1.54, 1.807) is 18.3 Å². The Morgan fingerprint density at radius 1 is 0.933 bits per heavy atom. The van der Waals surface area contributed by atoms with Crippen LogP contribution < -0.4 is 0 Å². The second kappa shape index (κ2) is 9.36. The van der Waals surface area contributed by atoms with E-state index in [1.807, 2.05) is 45.5 Å². The van der Waals surface area contributed by atoms with E-state index in [9.17, 15) is 9.59 Å². The number of piperazine rings is 1. The summed E-state index contributed by atoms with van der Waals surface area (Å²) in [6.07, 6.45) is 2.34. The molecule has 3 heterocycles. The SMILES string of the molecule is O=C(Cc1ccc(Cl)cc1)N1CCN(C(=O)Cc2csc(-c3ccccn3)n2)CC1. The largest absolute Gasteiger partial charge is 0.339 e. The number of thiazole rings is 1. The maximum atomic E-state index is 12.7. The zero-order chi connectivity index (χ0) is 20.9. The smallest absolute Gasteiger partial charge is 0.228 e. The van der Waals surface area contributed by atoms with E-state index < -0.39 is 0 Å². The molecular weight excluding hydrogens is 420 g/mol. The third kappa shape index (κ3) is 5.04. The molecule has 2 aromatic heterocycles. The molecule has 3 aromatic rings. The van der Waals surface area contributed by atoms with Crippen LogP contribution in [0.2, 0.25) is 5.02 Å². The van der Waals surface area contributed by atoms with Crippen LogP contribution in [-0.2, 0) is 22.4 Å². The molecule has 1 fully saturated rings. The molecule has 0 N–H and O–H groups in total. The summed E-state index contributed by atoms with van der Waals surface area (Å²) in [5.74, 6) is 0.113. The molecule has 2 amide bonds. The minimum Gasteiger partial charge on any atom is -0.339 e. The number of rotatable bonds is 5. The van der Waals surface area contributed by atoms with Gasteiger partial charge in [-0.3, -0.25) is 14.6 Å². The predicted molar refractivity (Wildman–Crippen MR) is 117 cm³/mol. The summed E-state index contributed by atoms with van der Waals surface area (Å²) in [7, 11) is 0. The van der Waals surface area contributed by atoms with Gasteiger partial charge in [0, 0.05) is 42.8 Å². The summed E-state index contributed by atoms with van der Waals surface area (Å²) >= 11 is 7.39. The van der Waals surface area contributed by atoms with Gasteiger partial charge in [-0.2, -0.15) is 0 Å². The molecule has 1 aromatic carbocycles. The number of carbonyl (C=O) groups excluding carboxylic acids is 2. The van der Waals surface area contributed by atoms with E-state index in [-0.39, 0.29) is 18.2 Å². The van der Waals surface area contributed by atoms with Crippen molar-refractivity contribution in [3.63, 3.8) is 0 Å². The third-order valence-corrected chi connectivity index (χ3v) is 6.19. The van der Waals surface area contributed by atoms with Gasteiger partial charge in [0.15, 0.2) is 0 Å². The minimum absolute atomic E-state index is 0.0395. The first-order valence-corrected chi connectivity index (χ1v) is 11.0. The molecule has 0 radical (unpaired) electrons. The van der Waals surface area contributed by atoms with Crippen LogP contribution in [0.5, 0.6) is 0 Å². The summed E-state index contributed by atoms with van der Waals surface area (Å²) in [5, 5.41) is 3.38. The van der Waals surface area contributed by atoms with Crippen molar-refractivity contribution < 1.29 is 9.59 Å². The Labute approximate surface area is 184 Å². The van der Waals surface area contributed by atoms with E-state index in [4.69, 9.17) is 11.6 Å². The topological polar surface area (TPSA) is 66.4 Å². The molecule has 30 heavy (non-hydrogen) atoms. The molecule has 0 aliphatic carbocycles. The highest BCUT2D eigenvalue weighted by Gasteiger charge is 2.24. The molecular formula is C22H21ClN4O2S. The van der Waals surface area contributed by atoms with Crippen LogP contribution in [0.1, 0.15) is 11.3 Å². The van der Waals surface area contributed by atoms with Crippen molar-refractivity contribution in [2.75, 3.05) is 26.2 Å². The molecule has 1 aliphatic heterocycles. The van der Waals surface area contributed by atoms with Crippen LogP contribution in [0.4, 0.5) is 0 Å². The number of pyridine rings is 1. The van der Waals surface area contributed by atoms with Crippen molar-refractivity contribution in [2.45, 2.75) is 12.8 Å². The lowest BCUT2D eigenvalue weighted by molar-refractivity contribution is -0.138. The lowest BCUT2D eigenvalue weighted by atomic mass is 10.1. The van der Waals surface area contributed by atoms with Crippen molar-refractivity contribution in [1.82, 2.24) is 19.8 Å². The van der Waals surface area contributed by atoms with Gasteiger partial charge >= 0.3 is 0 Å². The van der Waals surface area contributed by atoms with Crippen LogP contribution in [0.15, 0.2) is 54.0 Å². The molecule has 0 spiro atoms. The Kier molecular flexibility index (Phi) is 6.40. The highest BCUT2D eigenvalue weighted by atomic mass is 35.5. The van der Waals surface area contributed by atoms with Crippen LogP contribution in [0.3, 0.4) is 0 Å². The monoisotopic (exact) mass is 440 g/mol. The standard InChI is InChI=1S/C22H21ClN4O2S/c23-17-6-4-16(5-7-17)13-20(28)26-9-11-27(12-10-26)21(29)14-18-15-30-22(25-18)19-3-1-2-8-24-19/h1-8,15H,9-14H2. The number of amides is 2. The lowest BCUT2D eigenvalue weighted by Crippen LogP contribution is -2.51. The summed E-state index contributed by atoms with van der Waals surface area (Å²) in [4.78, 5) is 37.7. The quantitative estimate of drug-likeness (QED) is 0.610. The molecule has 1 aliphatic rings. The molecule has 0 unspecified atom stereocenters. The number of aromatic nitrogens is 2. The number of nitrogens with zero attached hydrogens (tertiary/aromatic N) is 4. The Balaban J connectivity index is 1.27. The van der Waals surface area contributed by atoms with Gasteiger partial charge in [0.25, 0.3) is 0 Å². The number of carbonyl (C=O) groups is 2. The van der Waals surface area contributed by atoms with Crippen molar-refractivity contribution in [3.05, 3.63) is 70.3 Å². The van der Waals surface area contributed by atoms with E-state index >= 15 is 0 Å². The number of benzene rings is 1. The normalized spacial score (nSPS) is 14.0. The Morgan fingerprint density at radius 2 is 1.60 bits per heavy atom. The maximum absolute atomic E-state index is 12.7. The zero-order valence-corrected chi connectivity index (χ0v) is 17.9. The van der Waals surface area contributed by atoms with Gasteiger partial charge in [0.2, 0.25) is 11.8 Å². The van der Waals surface area contributed by atoms with E-state index in [0.29, 0.717) is 37.6 Å². The van der Waals surface area contributed by atoms with Gasteiger partial charge in [-0.05, 0) is 29.8 Å². The molecule has 4 rings (SSSR count). The average Bonchev–Trinajstić information content (AvgIpc) is 3.24. The average molecular weight is 441 g/mol. The fourth-order valence-corrected chi connectivity index (χ4v) is 4.28. The maximum Gasteiger partial charge on any atom is 0.228 e. The van der Waals surface area contributed by atoms with Gasteiger partial charge < -0.3 is 9.80 Å². The highest BCUT2D eigenvalue weighted by Crippen LogP contribution is 2.22. The summed E-state index contributed by atoms with van der Waals surface area (Å²) < 4.78 is 0. The Hall–Kier alpha value is -2.77. The second-order valence-electron chi connectivity index (χ2n) is 7.10. The van der Waals surface area contributed by atoms with Crippen LogP contribution in [0, 0.1) is 0 Å². The van der Waals surface area contributed by atoms with Gasteiger partial charge in [-0.1, -0.05) is 29.8 Å². The van der Waals surface area contributed by atoms with Gasteiger partial charge in [0.05, 0.1) is 24.2 Å². The minimum atomic E-state index is 0.0395. The van der Waals surface area contributed by atoms with Crippen molar-refractivity contribution >= 4 is 34.8 Å². The first-order chi connectivity index (χ1) is 14.6. The van der Waals surface area contributed by atoms with Crippen molar-refractivity contribution in [2.24, 2.45) is 0 Å². The highest BCUT2D eigenvalue weighted by molar-refractivity contribution is 7.13. The molecule has 0 saturated carbocycles. The molecule has 6 nitrogen and oxygen atoms in total. The van der Waals surface area contributed by atoms with Gasteiger partial charge in [-0.15, -0.1) is 11.3 Å². The second-order valence-corrected chi connectivity index (χ2v) is 8.40. The molecule has 1 saturated heterocycles. The first-order valence-electron chi connectivity index (χ1n) is 9.74. The van der Waals surface area contributed by atoms with Gasteiger partial charge in [0.1, 0.15) is 5.01 Å². The summed E-state index contributed by atoms with van der Waals surface area (Å²) in [6.45, 7) is 2.19. The van der Waals surface area contributed by atoms with E-state index in [0.717, 1.165) is 22.0 Å². The fraction of sp³-hybridized carbons (Fsp3) is 0.273. The molecule has 0 bridgehead atoms. The van der Waals surface area contributed by atoms with Crippen LogP contribution in [-0.4, -0.2) is 57.8 Å². The number of hydrogen-bond acceptors (Lipinski definition) is 5. The molecule has 0 atom stereocenters. The van der Waals surface area contributed by atoms with Crippen LogP contribution in [0.25, 0.3) is 10.7 Å². The predicted octanol–water partition coefficient (Wildman–Crippen LogP) is 3.31. The number of halogens is 1. The van der Waals surface area contributed by atoms with Crippen molar-refractivity contribution in [3.8, 4) is 10.7 Å². The summed E-state index contributed by atoms with van der Waals surface area (Å²) in [5.41, 5.74) is 2.51. The first kappa shape index (κ1) is 20.5. The Morgan fingerprint density at radius 3 is 2.23 bits per heavy atom. The van der Waals surface area contributed by atoms with E-state index in [2.05, 4.69) is 9.97 Å². The van der Waals surface area contributed by atoms with Gasteiger partial charge in [-0.25, -0.2) is 4.98 Å². The van der Waals surface area contributed by atoms with Crippen molar-refractivity contribution in [1.29, 1.82) is 0 Å². The third-order valence-electron chi connectivity index (χ3n) is 5.02. The Bertz CT molecular complexity index is 1020.